The molecule has 0 aromatic heterocycles. The van der Waals surface area contributed by atoms with Crippen molar-refractivity contribution < 1.29 is 34.1 Å². The van der Waals surface area contributed by atoms with Crippen LogP contribution >= 0.6 is 15.9 Å². The first-order valence-corrected chi connectivity index (χ1v) is 13.3. The number of hydrogen-bond acceptors (Lipinski definition) is 7. The van der Waals surface area contributed by atoms with Crippen LogP contribution in [0.4, 0.5) is 0 Å². The highest BCUT2D eigenvalue weighted by atomic mass is 79.9. The zero-order chi connectivity index (χ0) is 23.6. The summed E-state index contributed by atoms with van der Waals surface area (Å²) in [6.07, 6.45) is 7.33. The van der Waals surface area contributed by atoms with E-state index in [0.717, 1.165) is 31.1 Å². The lowest BCUT2D eigenvalue weighted by Gasteiger charge is -2.65. The van der Waals surface area contributed by atoms with Gasteiger partial charge in [-0.05, 0) is 74.7 Å². The zero-order valence-corrected chi connectivity index (χ0v) is 20.6. The van der Waals surface area contributed by atoms with Gasteiger partial charge in [-0.2, -0.15) is 0 Å². The lowest BCUT2D eigenvalue weighted by Crippen LogP contribution is -2.69. The van der Waals surface area contributed by atoms with Crippen LogP contribution in [0.25, 0.3) is 0 Å². The van der Waals surface area contributed by atoms with Crippen molar-refractivity contribution in [2.45, 2.75) is 82.0 Å². The van der Waals surface area contributed by atoms with E-state index in [4.69, 9.17) is 9.47 Å². The molecule has 0 amide bonds. The highest BCUT2D eigenvalue weighted by molar-refractivity contribution is 9.09. The number of esters is 2. The number of cyclic esters (lactones) is 1. The van der Waals surface area contributed by atoms with Crippen molar-refractivity contribution in [2.24, 2.45) is 28.6 Å². The summed E-state index contributed by atoms with van der Waals surface area (Å²) in [5, 5.41) is 24.1. The maximum absolute atomic E-state index is 12.7. The zero-order valence-electron chi connectivity index (χ0n) is 19.1. The van der Waals surface area contributed by atoms with Gasteiger partial charge in [0.05, 0.1) is 16.6 Å². The van der Waals surface area contributed by atoms with Crippen molar-refractivity contribution in [2.75, 3.05) is 11.9 Å². The number of rotatable bonds is 4. The molecule has 0 saturated heterocycles. The predicted molar refractivity (Wildman–Crippen MR) is 121 cm³/mol. The number of ether oxygens (including phenoxy) is 2. The summed E-state index contributed by atoms with van der Waals surface area (Å²) in [6.45, 7) is 2.44. The Kier molecular flexibility index (Phi) is 5.61. The fourth-order valence-corrected chi connectivity index (χ4v) is 8.77. The van der Waals surface area contributed by atoms with Crippen molar-refractivity contribution in [3.63, 3.8) is 0 Å². The van der Waals surface area contributed by atoms with Crippen molar-refractivity contribution in [3.05, 3.63) is 11.6 Å². The molecule has 7 nitrogen and oxygen atoms in total. The molecule has 5 rings (SSSR count). The first-order chi connectivity index (χ1) is 15.6. The number of aldehydes is 1. The quantitative estimate of drug-likeness (QED) is 0.330. The second-order valence-electron chi connectivity index (χ2n) is 11.2. The highest BCUT2D eigenvalue weighted by Gasteiger charge is 2.71. The van der Waals surface area contributed by atoms with Gasteiger partial charge in [-0.15, -0.1) is 0 Å². The molecule has 33 heavy (non-hydrogen) atoms. The summed E-state index contributed by atoms with van der Waals surface area (Å²) in [7, 11) is 0. The summed E-state index contributed by atoms with van der Waals surface area (Å²) >= 11 is 3.11. The summed E-state index contributed by atoms with van der Waals surface area (Å²) in [5.74, 6) is -0.792. The Hall–Kier alpha value is -1.25. The molecule has 4 aliphatic carbocycles. The highest BCUT2D eigenvalue weighted by Crippen LogP contribution is 2.70. The van der Waals surface area contributed by atoms with Gasteiger partial charge in [-0.1, -0.05) is 22.9 Å². The van der Waals surface area contributed by atoms with Crippen LogP contribution in [0.5, 0.6) is 0 Å². The van der Waals surface area contributed by atoms with Crippen LogP contribution in [0, 0.1) is 28.6 Å². The van der Waals surface area contributed by atoms with Gasteiger partial charge in [0.1, 0.15) is 24.3 Å². The molecule has 1 aliphatic heterocycles. The van der Waals surface area contributed by atoms with Gasteiger partial charge in [0, 0.05) is 17.9 Å². The lowest BCUT2D eigenvalue weighted by atomic mass is 9.41. The summed E-state index contributed by atoms with van der Waals surface area (Å²) in [6, 6.07) is 0. The molecule has 5 aliphatic rings. The summed E-state index contributed by atoms with van der Waals surface area (Å²) in [4.78, 5) is 36.2. The number of carbonyl (C=O) groups excluding carboxylic acids is 3. The summed E-state index contributed by atoms with van der Waals surface area (Å²) in [5.41, 5.74) is -2.54. The Labute approximate surface area is 202 Å². The molecule has 1 heterocycles. The van der Waals surface area contributed by atoms with Crippen molar-refractivity contribution in [1.82, 2.24) is 0 Å². The van der Waals surface area contributed by atoms with Gasteiger partial charge >= 0.3 is 11.9 Å². The Morgan fingerprint density at radius 1 is 1.18 bits per heavy atom. The Morgan fingerprint density at radius 2 is 1.94 bits per heavy atom. The molecule has 8 heteroatoms. The van der Waals surface area contributed by atoms with Crippen molar-refractivity contribution in [1.29, 1.82) is 0 Å². The maximum atomic E-state index is 12.7. The SMILES string of the molecule is C[C@]12CC[C@@H]3[C@H](CC[C@@]4(O)C[C@H](OC(=O)CBr)CC[C@]34C=O)[C@@]1(O)CC[C@H]2C1=CC(=O)OC1. The van der Waals surface area contributed by atoms with Crippen LogP contribution in [0.15, 0.2) is 11.6 Å². The molecule has 182 valence electrons. The van der Waals surface area contributed by atoms with Crippen LogP contribution in [-0.4, -0.2) is 57.7 Å². The van der Waals surface area contributed by atoms with E-state index in [2.05, 4.69) is 22.9 Å². The van der Waals surface area contributed by atoms with Crippen LogP contribution in [-0.2, 0) is 23.9 Å². The second kappa shape index (κ2) is 7.89. The third-order valence-corrected chi connectivity index (χ3v) is 10.7. The molecule has 0 aromatic rings. The average molecular weight is 525 g/mol. The van der Waals surface area contributed by atoms with Gasteiger partial charge < -0.3 is 24.5 Å². The van der Waals surface area contributed by atoms with Gasteiger partial charge in [-0.25, -0.2) is 4.79 Å². The lowest BCUT2D eigenvalue weighted by molar-refractivity contribution is -0.249. The van der Waals surface area contributed by atoms with Crippen molar-refractivity contribution in [3.8, 4) is 0 Å². The van der Waals surface area contributed by atoms with E-state index < -0.39 is 28.1 Å². The van der Waals surface area contributed by atoms with Crippen LogP contribution in [0.1, 0.15) is 64.7 Å². The Morgan fingerprint density at radius 3 is 2.61 bits per heavy atom. The fraction of sp³-hybridized carbons (Fsp3) is 0.800. The van der Waals surface area contributed by atoms with Crippen molar-refractivity contribution >= 4 is 34.2 Å². The average Bonchev–Trinajstić information content (AvgIpc) is 3.33. The largest absolute Gasteiger partial charge is 0.462 e. The van der Waals surface area contributed by atoms with Crippen LogP contribution < -0.4 is 0 Å². The topological polar surface area (TPSA) is 110 Å². The minimum Gasteiger partial charge on any atom is -0.462 e. The molecule has 0 unspecified atom stereocenters. The normalized spacial score (nSPS) is 48.7. The summed E-state index contributed by atoms with van der Waals surface area (Å²) < 4.78 is 10.7. The van der Waals surface area contributed by atoms with E-state index in [1.807, 2.05) is 0 Å². The Bertz CT molecular complexity index is 903. The molecular formula is C25H33BrO7. The number of alkyl halides is 1. The van der Waals surface area contributed by atoms with Crippen LogP contribution in [0.3, 0.4) is 0 Å². The van der Waals surface area contributed by atoms with E-state index in [1.165, 1.54) is 0 Å². The molecular weight excluding hydrogens is 492 g/mol. The monoisotopic (exact) mass is 524 g/mol. The minimum absolute atomic E-state index is 0.0855. The Balaban J connectivity index is 1.44. The van der Waals surface area contributed by atoms with E-state index in [1.54, 1.807) is 6.08 Å². The minimum atomic E-state index is -1.23. The molecule has 0 aromatic carbocycles. The number of hydrogen-bond donors (Lipinski definition) is 2. The van der Waals surface area contributed by atoms with Gasteiger partial charge in [0.2, 0.25) is 0 Å². The first kappa shape index (κ1) is 23.5. The van der Waals surface area contributed by atoms with Gasteiger partial charge in [0.15, 0.2) is 0 Å². The van der Waals surface area contributed by atoms with E-state index in [0.29, 0.717) is 38.7 Å². The molecule has 4 saturated carbocycles. The smallest absolute Gasteiger partial charge is 0.331 e. The van der Waals surface area contributed by atoms with Gasteiger partial charge in [0.25, 0.3) is 0 Å². The van der Waals surface area contributed by atoms with E-state index >= 15 is 0 Å². The predicted octanol–water partition coefficient (Wildman–Crippen LogP) is 2.84. The molecule has 4 fully saturated rings. The number of carbonyl (C=O) groups is 3. The number of aliphatic hydroxyl groups is 2. The van der Waals surface area contributed by atoms with E-state index in [9.17, 15) is 24.6 Å². The third kappa shape index (κ3) is 3.16. The second-order valence-corrected chi connectivity index (χ2v) is 11.8. The number of halogens is 1. The molecule has 0 spiro atoms. The fourth-order valence-electron chi connectivity index (χ4n) is 8.64. The molecule has 0 bridgehead atoms. The maximum Gasteiger partial charge on any atom is 0.331 e. The first-order valence-electron chi connectivity index (χ1n) is 12.2. The van der Waals surface area contributed by atoms with Crippen LogP contribution in [0.2, 0.25) is 0 Å². The van der Waals surface area contributed by atoms with Gasteiger partial charge in [-0.3, -0.25) is 4.79 Å². The standard InChI is InChI=1S/C25H33BrO7/c1-22-6-3-18-19(25(22,31)9-5-17(22)15-10-20(28)32-13-15)4-8-24(30)11-16(33-21(29)12-26)2-7-23(18,24)14-27/h10,14,16-19,30-31H,2-9,11-13H2,1H3/t16-,17+,18-,19+,22-,23+,24-,25+/m1/s1. The molecule has 0 radical (unpaired) electrons. The van der Waals surface area contributed by atoms with E-state index in [-0.39, 0.29) is 41.4 Å². The third-order valence-electron chi connectivity index (χ3n) is 10.2. The number of fused-ring (bicyclic) bond motifs is 5. The molecule has 8 atom stereocenters. The molecule has 2 N–H and O–H groups in total.